The van der Waals surface area contributed by atoms with E-state index in [0.29, 0.717) is 0 Å². The molecule has 5 heteroatoms. The molecule has 0 unspecified atom stereocenters. The highest BCUT2D eigenvalue weighted by Crippen LogP contribution is 2.35. The molecule has 1 atom stereocenters. The van der Waals surface area contributed by atoms with Crippen LogP contribution in [0, 0.1) is 0 Å². The zero-order valence-electron chi connectivity index (χ0n) is 17.4. The first-order valence-corrected chi connectivity index (χ1v) is 10.7. The summed E-state index contributed by atoms with van der Waals surface area (Å²) in [5.41, 5.74) is 0.736. The largest absolute Gasteiger partial charge is 0.348 e. The minimum Gasteiger partial charge on any atom is -0.348 e. The van der Waals surface area contributed by atoms with Gasteiger partial charge < -0.3 is 14.8 Å². The number of amides is 1. The molecule has 0 aliphatic carbocycles. The van der Waals surface area contributed by atoms with Crippen molar-refractivity contribution in [3.8, 4) is 0 Å². The van der Waals surface area contributed by atoms with Crippen LogP contribution >= 0.6 is 0 Å². The van der Waals surface area contributed by atoms with Gasteiger partial charge in [-0.2, -0.15) is 0 Å². The Morgan fingerprint density at radius 1 is 1.14 bits per heavy atom. The third-order valence-corrected chi connectivity index (χ3v) is 6.39. The van der Waals surface area contributed by atoms with Crippen molar-refractivity contribution < 1.29 is 4.79 Å². The van der Waals surface area contributed by atoms with Gasteiger partial charge in [0.2, 0.25) is 0 Å². The Labute approximate surface area is 172 Å². The van der Waals surface area contributed by atoms with E-state index in [-0.39, 0.29) is 11.4 Å². The summed E-state index contributed by atoms with van der Waals surface area (Å²) in [6.07, 6.45) is 8.00. The van der Waals surface area contributed by atoms with Gasteiger partial charge >= 0.3 is 0 Å². The number of fused-ring (bicyclic) bond motifs is 1. The summed E-state index contributed by atoms with van der Waals surface area (Å²) >= 11 is 0. The van der Waals surface area contributed by atoms with Crippen molar-refractivity contribution in [2.24, 2.45) is 0 Å². The summed E-state index contributed by atoms with van der Waals surface area (Å²) in [5.74, 6) is 1.19. The van der Waals surface area contributed by atoms with E-state index in [9.17, 15) is 4.79 Å². The van der Waals surface area contributed by atoms with Crippen molar-refractivity contribution in [3.63, 3.8) is 0 Å². The van der Waals surface area contributed by atoms with Gasteiger partial charge in [-0.25, -0.2) is 4.98 Å². The van der Waals surface area contributed by atoms with Crippen molar-refractivity contribution in [1.29, 1.82) is 0 Å². The number of nitrogens with zero attached hydrogens (tertiary/aromatic N) is 3. The molecule has 2 aromatic carbocycles. The third kappa shape index (κ3) is 3.61. The van der Waals surface area contributed by atoms with Crippen molar-refractivity contribution in [2.75, 3.05) is 24.5 Å². The maximum absolute atomic E-state index is 13.6. The molecular weight excluding hydrogens is 360 g/mol. The summed E-state index contributed by atoms with van der Waals surface area (Å²) < 4.78 is 0. The first-order chi connectivity index (χ1) is 14.2. The molecule has 2 heterocycles. The van der Waals surface area contributed by atoms with Gasteiger partial charge in [-0.05, 0) is 29.7 Å². The van der Waals surface area contributed by atoms with Gasteiger partial charge in [0.05, 0.1) is 18.1 Å². The lowest BCUT2D eigenvalue weighted by molar-refractivity contribution is 0.0651. The van der Waals surface area contributed by atoms with Gasteiger partial charge in [0.25, 0.3) is 5.91 Å². The summed E-state index contributed by atoms with van der Waals surface area (Å²) in [6, 6.07) is 14.2. The second-order valence-corrected chi connectivity index (χ2v) is 8.02. The van der Waals surface area contributed by atoms with Crippen LogP contribution in [0.15, 0.2) is 55.0 Å². The maximum Gasteiger partial charge on any atom is 0.254 e. The number of piperazine rings is 1. The standard InChI is InChI=1S/C24H30N4O/c1-3-5-13-24(4-2)17-27(14-15-28(24)22-16-25-18-26-22)23(29)21-12-8-10-19-9-6-7-11-20(19)21/h6-12,16,18H,3-5,13-15,17H2,1-2H3,(H,25,26)/t24-/m1/s1. The number of hydrogen-bond donors (Lipinski definition) is 1. The van der Waals surface area contributed by atoms with Crippen molar-refractivity contribution in [2.45, 2.75) is 45.1 Å². The van der Waals surface area contributed by atoms with Gasteiger partial charge in [0.15, 0.2) is 0 Å². The molecule has 4 rings (SSSR count). The van der Waals surface area contributed by atoms with Gasteiger partial charge in [0.1, 0.15) is 5.82 Å². The highest BCUT2D eigenvalue weighted by Gasteiger charge is 2.42. The van der Waals surface area contributed by atoms with Gasteiger partial charge in [-0.3, -0.25) is 4.79 Å². The lowest BCUT2D eigenvalue weighted by Gasteiger charge is -2.51. The molecule has 0 spiro atoms. The lowest BCUT2D eigenvalue weighted by atomic mass is 9.85. The number of aromatic nitrogens is 2. The first-order valence-electron chi connectivity index (χ1n) is 10.7. The number of aromatic amines is 1. The molecule has 1 amide bonds. The summed E-state index contributed by atoms with van der Waals surface area (Å²) in [6.45, 7) is 6.74. The second-order valence-electron chi connectivity index (χ2n) is 8.02. The number of anilines is 1. The van der Waals surface area contributed by atoms with Crippen LogP contribution in [-0.2, 0) is 0 Å². The molecule has 1 saturated heterocycles. The Kier molecular flexibility index (Phi) is 5.56. The number of H-pyrrole nitrogens is 1. The van der Waals surface area contributed by atoms with Crippen LogP contribution in [0.5, 0.6) is 0 Å². The minimum absolute atomic E-state index is 0.0684. The minimum atomic E-state index is -0.0684. The Balaban J connectivity index is 1.66. The Morgan fingerprint density at radius 2 is 1.97 bits per heavy atom. The van der Waals surface area contributed by atoms with Crippen molar-refractivity contribution in [1.82, 2.24) is 14.9 Å². The van der Waals surface area contributed by atoms with E-state index < -0.39 is 0 Å². The number of hydrogen-bond acceptors (Lipinski definition) is 3. The number of rotatable bonds is 6. The molecule has 3 aromatic rings. The van der Waals surface area contributed by atoms with Crippen LogP contribution in [-0.4, -0.2) is 45.9 Å². The quantitative estimate of drug-likeness (QED) is 0.654. The molecule has 1 aliphatic heterocycles. The van der Waals surface area contributed by atoms with Gasteiger partial charge in [0, 0.05) is 25.2 Å². The molecule has 152 valence electrons. The average molecular weight is 391 g/mol. The summed E-state index contributed by atoms with van der Waals surface area (Å²) in [5, 5.41) is 2.15. The molecule has 1 aliphatic rings. The zero-order chi connectivity index (χ0) is 20.3. The Morgan fingerprint density at radius 3 is 2.72 bits per heavy atom. The van der Waals surface area contributed by atoms with Crippen molar-refractivity contribution >= 4 is 22.5 Å². The number of benzene rings is 2. The van der Waals surface area contributed by atoms with Crippen LogP contribution in [0.25, 0.3) is 10.8 Å². The van der Waals surface area contributed by atoms with E-state index in [2.05, 4.69) is 45.7 Å². The number of unbranched alkanes of at least 4 members (excludes halogenated alkanes) is 1. The van der Waals surface area contributed by atoms with E-state index in [1.807, 2.05) is 36.5 Å². The molecule has 5 nitrogen and oxygen atoms in total. The molecule has 1 aromatic heterocycles. The fourth-order valence-corrected chi connectivity index (χ4v) is 4.70. The summed E-state index contributed by atoms with van der Waals surface area (Å²) in [4.78, 5) is 25.6. The SMILES string of the molecule is CCCC[C@]1(CC)CN(C(=O)c2cccc3ccccc23)CCN1c1cnc[nH]1. The van der Waals surface area contributed by atoms with Crippen LogP contribution in [0.4, 0.5) is 5.82 Å². The highest BCUT2D eigenvalue weighted by molar-refractivity contribution is 6.07. The van der Waals surface area contributed by atoms with Crippen LogP contribution in [0.3, 0.4) is 0 Å². The predicted octanol–water partition coefficient (Wildman–Crippen LogP) is 4.86. The van der Waals surface area contributed by atoms with E-state index >= 15 is 0 Å². The monoisotopic (exact) mass is 390 g/mol. The number of carbonyl (C=O) groups is 1. The van der Waals surface area contributed by atoms with E-state index in [0.717, 1.165) is 67.5 Å². The van der Waals surface area contributed by atoms with E-state index in [4.69, 9.17) is 0 Å². The maximum atomic E-state index is 13.6. The molecule has 0 saturated carbocycles. The van der Waals surface area contributed by atoms with Crippen LogP contribution in [0.2, 0.25) is 0 Å². The first kappa shape index (κ1) is 19.5. The number of nitrogens with one attached hydrogen (secondary N) is 1. The molecule has 1 fully saturated rings. The molecule has 1 N–H and O–H groups in total. The van der Waals surface area contributed by atoms with Crippen molar-refractivity contribution in [3.05, 3.63) is 60.6 Å². The Hall–Kier alpha value is -2.82. The molecular formula is C24H30N4O. The normalized spacial score (nSPS) is 19.7. The second kappa shape index (κ2) is 8.27. The van der Waals surface area contributed by atoms with Gasteiger partial charge in [-0.1, -0.05) is 63.1 Å². The summed E-state index contributed by atoms with van der Waals surface area (Å²) in [7, 11) is 0. The fraction of sp³-hybridized carbons (Fsp3) is 0.417. The van der Waals surface area contributed by atoms with Gasteiger partial charge in [-0.15, -0.1) is 0 Å². The zero-order valence-corrected chi connectivity index (χ0v) is 17.4. The van der Waals surface area contributed by atoms with E-state index in [1.54, 1.807) is 6.33 Å². The average Bonchev–Trinajstić information content (AvgIpc) is 3.31. The fourth-order valence-electron chi connectivity index (χ4n) is 4.70. The Bertz CT molecular complexity index is 963. The topological polar surface area (TPSA) is 52.2 Å². The predicted molar refractivity (Wildman–Crippen MR) is 118 cm³/mol. The molecule has 0 radical (unpaired) electrons. The highest BCUT2D eigenvalue weighted by atomic mass is 16.2. The number of carbonyl (C=O) groups excluding carboxylic acids is 1. The molecule has 29 heavy (non-hydrogen) atoms. The number of imidazole rings is 1. The smallest absolute Gasteiger partial charge is 0.254 e. The lowest BCUT2D eigenvalue weighted by Crippen LogP contribution is -2.63. The molecule has 0 bridgehead atoms. The van der Waals surface area contributed by atoms with Crippen LogP contribution in [0.1, 0.15) is 49.9 Å². The van der Waals surface area contributed by atoms with E-state index in [1.165, 1.54) is 0 Å². The van der Waals surface area contributed by atoms with Crippen LogP contribution < -0.4 is 4.90 Å². The third-order valence-electron chi connectivity index (χ3n) is 6.39.